The lowest BCUT2D eigenvalue weighted by Gasteiger charge is -2.35. The molecule has 1 amide bonds. The molecule has 7 heteroatoms. The second-order valence-electron chi connectivity index (χ2n) is 8.78. The smallest absolute Gasteiger partial charge is 0.275 e. The van der Waals surface area contributed by atoms with Crippen LogP contribution < -0.4 is 0 Å². The first kappa shape index (κ1) is 21.2. The number of piperidine rings is 1. The van der Waals surface area contributed by atoms with Crippen molar-refractivity contribution in [2.24, 2.45) is 0 Å². The Morgan fingerprint density at radius 3 is 2.48 bits per heavy atom. The third kappa shape index (κ3) is 4.11. The van der Waals surface area contributed by atoms with Gasteiger partial charge in [0.05, 0.1) is 11.7 Å². The fourth-order valence-electron chi connectivity index (χ4n) is 4.69. The van der Waals surface area contributed by atoms with E-state index in [4.69, 9.17) is 4.98 Å². The Labute approximate surface area is 192 Å². The van der Waals surface area contributed by atoms with E-state index in [2.05, 4.69) is 10.1 Å². The number of fused-ring (bicyclic) bond motifs is 1. The monoisotopic (exact) mass is 443 g/mol. The standard InChI is InChI=1S/C26H26FN5O/c1-16-12-18(3)32-25(29-16)15-23(30-32)26(33)31-11-5-4-6-24(31)22-14-20(13-17(2)28-22)19-7-9-21(27)10-8-19/h7-10,12-15,24H,4-6,11H2,1-3H3. The van der Waals surface area contributed by atoms with Crippen molar-refractivity contribution < 1.29 is 9.18 Å². The largest absolute Gasteiger partial charge is 0.329 e. The van der Waals surface area contributed by atoms with Gasteiger partial charge in [0.15, 0.2) is 11.3 Å². The average molecular weight is 444 g/mol. The maximum Gasteiger partial charge on any atom is 0.275 e. The number of hydrogen-bond donors (Lipinski definition) is 0. The van der Waals surface area contributed by atoms with Gasteiger partial charge in [-0.05, 0) is 81.5 Å². The van der Waals surface area contributed by atoms with E-state index >= 15 is 0 Å². The van der Waals surface area contributed by atoms with E-state index in [1.54, 1.807) is 22.7 Å². The van der Waals surface area contributed by atoms with Crippen LogP contribution in [0.5, 0.6) is 0 Å². The molecule has 0 radical (unpaired) electrons. The zero-order valence-corrected chi connectivity index (χ0v) is 19.0. The molecule has 168 valence electrons. The minimum atomic E-state index is -0.263. The molecule has 0 saturated carbocycles. The highest BCUT2D eigenvalue weighted by atomic mass is 19.1. The fourth-order valence-corrected chi connectivity index (χ4v) is 4.69. The first-order chi connectivity index (χ1) is 15.9. The van der Waals surface area contributed by atoms with Gasteiger partial charge in [-0.2, -0.15) is 5.10 Å². The van der Waals surface area contributed by atoms with Gasteiger partial charge < -0.3 is 4.90 Å². The van der Waals surface area contributed by atoms with Crippen molar-refractivity contribution in [3.8, 4) is 11.1 Å². The maximum absolute atomic E-state index is 13.6. The van der Waals surface area contributed by atoms with Crippen molar-refractivity contribution in [1.29, 1.82) is 0 Å². The summed E-state index contributed by atoms with van der Waals surface area (Å²) >= 11 is 0. The molecule has 3 aromatic heterocycles. The zero-order chi connectivity index (χ0) is 23.1. The Kier molecular flexibility index (Phi) is 5.40. The highest BCUT2D eigenvalue weighted by Crippen LogP contribution is 2.33. The van der Waals surface area contributed by atoms with Gasteiger partial charge in [-0.15, -0.1) is 0 Å². The van der Waals surface area contributed by atoms with Gasteiger partial charge in [-0.25, -0.2) is 13.9 Å². The maximum atomic E-state index is 13.6. The molecule has 1 saturated heterocycles. The molecule has 5 rings (SSSR count). The topological polar surface area (TPSA) is 63.4 Å². The number of carbonyl (C=O) groups excluding carboxylic acids is 1. The number of nitrogens with zero attached hydrogens (tertiary/aromatic N) is 5. The van der Waals surface area contributed by atoms with E-state index in [1.807, 2.05) is 43.9 Å². The summed E-state index contributed by atoms with van der Waals surface area (Å²) in [6.45, 7) is 6.50. The van der Waals surface area contributed by atoms with E-state index in [9.17, 15) is 9.18 Å². The van der Waals surface area contributed by atoms with Crippen LogP contribution in [0.3, 0.4) is 0 Å². The van der Waals surface area contributed by atoms with Crippen molar-refractivity contribution in [2.45, 2.75) is 46.1 Å². The minimum Gasteiger partial charge on any atom is -0.329 e. The van der Waals surface area contributed by atoms with Crippen molar-refractivity contribution in [3.63, 3.8) is 0 Å². The van der Waals surface area contributed by atoms with Crippen LogP contribution in [0.25, 0.3) is 16.8 Å². The first-order valence-electron chi connectivity index (χ1n) is 11.3. The molecule has 1 aromatic carbocycles. The molecule has 0 aliphatic carbocycles. The summed E-state index contributed by atoms with van der Waals surface area (Å²) in [4.78, 5) is 24.8. The van der Waals surface area contributed by atoms with Gasteiger partial charge in [0.1, 0.15) is 5.82 Å². The number of benzene rings is 1. The molecule has 1 aliphatic heterocycles. The van der Waals surface area contributed by atoms with Crippen LogP contribution in [0.15, 0.2) is 48.5 Å². The highest BCUT2D eigenvalue weighted by molar-refractivity contribution is 5.93. The van der Waals surface area contributed by atoms with Gasteiger partial charge in [-0.1, -0.05) is 12.1 Å². The molecule has 0 spiro atoms. The SMILES string of the molecule is Cc1cc(-c2ccc(F)cc2)cc(C2CCCCN2C(=O)c2cc3nc(C)cc(C)n3n2)n1. The van der Waals surface area contributed by atoms with Crippen molar-refractivity contribution in [1.82, 2.24) is 24.5 Å². The second kappa shape index (κ2) is 8.39. The summed E-state index contributed by atoms with van der Waals surface area (Å²) in [7, 11) is 0. The number of amides is 1. The predicted molar refractivity (Wildman–Crippen MR) is 124 cm³/mol. The Balaban J connectivity index is 1.51. The lowest BCUT2D eigenvalue weighted by molar-refractivity contribution is 0.0599. The molecule has 33 heavy (non-hydrogen) atoms. The van der Waals surface area contributed by atoms with Gasteiger partial charge in [0, 0.05) is 29.7 Å². The minimum absolute atomic E-state index is 0.103. The molecule has 4 heterocycles. The fraction of sp³-hybridized carbons (Fsp3) is 0.308. The van der Waals surface area contributed by atoms with E-state index in [0.29, 0.717) is 17.9 Å². The molecule has 1 unspecified atom stereocenters. The lowest BCUT2D eigenvalue weighted by Crippen LogP contribution is -2.39. The van der Waals surface area contributed by atoms with Crippen LogP contribution in [0, 0.1) is 26.6 Å². The molecular formula is C26H26FN5O. The number of carbonyl (C=O) groups is 1. The van der Waals surface area contributed by atoms with Gasteiger partial charge in [0.2, 0.25) is 0 Å². The van der Waals surface area contributed by atoms with Gasteiger partial charge in [-0.3, -0.25) is 9.78 Å². The summed E-state index contributed by atoms with van der Waals surface area (Å²) < 4.78 is 15.1. The number of hydrogen-bond acceptors (Lipinski definition) is 4. The van der Waals surface area contributed by atoms with Gasteiger partial charge >= 0.3 is 0 Å². The van der Waals surface area contributed by atoms with Crippen LogP contribution >= 0.6 is 0 Å². The van der Waals surface area contributed by atoms with E-state index in [-0.39, 0.29) is 17.8 Å². The summed E-state index contributed by atoms with van der Waals surface area (Å²) in [5.74, 6) is -0.366. The lowest BCUT2D eigenvalue weighted by atomic mass is 9.95. The number of halogens is 1. The molecule has 0 N–H and O–H groups in total. The van der Waals surface area contributed by atoms with Crippen molar-refractivity contribution in [3.05, 3.63) is 82.8 Å². The molecule has 0 bridgehead atoms. The molecule has 1 fully saturated rings. The molecular weight excluding hydrogens is 417 g/mol. The Hall–Kier alpha value is -3.61. The predicted octanol–water partition coefficient (Wildman–Crippen LogP) is 5.22. The summed E-state index contributed by atoms with van der Waals surface area (Å²) in [6.07, 6.45) is 2.82. The first-order valence-corrected chi connectivity index (χ1v) is 11.3. The van der Waals surface area contributed by atoms with Crippen LogP contribution in [0.1, 0.15) is 58.6 Å². The Morgan fingerprint density at radius 1 is 0.939 bits per heavy atom. The average Bonchev–Trinajstić information content (AvgIpc) is 3.23. The zero-order valence-electron chi connectivity index (χ0n) is 19.0. The summed E-state index contributed by atoms with van der Waals surface area (Å²) in [5.41, 5.74) is 6.53. The quantitative estimate of drug-likeness (QED) is 0.435. The number of rotatable bonds is 3. The Morgan fingerprint density at radius 2 is 1.70 bits per heavy atom. The molecule has 1 aliphatic rings. The van der Waals surface area contributed by atoms with Crippen LogP contribution in [0.4, 0.5) is 4.39 Å². The van der Waals surface area contributed by atoms with Crippen molar-refractivity contribution >= 4 is 11.6 Å². The Bertz CT molecular complexity index is 1350. The number of aryl methyl sites for hydroxylation is 3. The molecule has 4 aromatic rings. The summed E-state index contributed by atoms with van der Waals surface area (Å²) in [5, 5.41) is 4.55. The second-order valence-corrected chi connectivity index (χ2v) is 8.78. The summed E-state index contributed by atoms with van der Waals surface area (Å²) in [6, 6.07) is 14.1. The number of aromatic nitrogens is 4. The van der Waals surface area contributed by atoms with E-state index < -0.39 is 0 Å². The third-order valence-electron chi connectivity index (χ3n) is 6.21. The van der Waals surface area contributed by atoms with E-state index in [0.717, 1.165) is 53.2 Å². The number of likely N-dealkylation sites (tertiary alicyclic amines) is 1. The molecule has 6 nitrogen and oxygen atoms in total. The van der Waals surface area contributed by atoms with Crippen LogP contribution in [-0.4, -0.2) is 36.9 Å². The van der Waals surface area contributed by atoms with Gasteiger partial charge in [0.25, 0.3) is 5.91 Å². The van der Waals surface area contributed by atoms with Crippen LogP contribution in [0.2, 0.25) is 0 Å². The third-order valence-corrected chi connectivity index (χ3v) is 6.21. The van der Waals surface area contributed by atoms with E-state index in [1.165, 1.54) is 12.1 Å². The molecule has 1 atom stereocenters. The highest BCUT2D eigenvalue weighted by Gasteiger charge is 2.31. The van der Waals surface area contributed by atoms with Crippen molar-refractivity contribution in [2.75, 3.05) is 6.54 Å². The number of pyridine rings is 1. The van der Waals surface area contributed by atoms with Crippen LogP contribution in [-0.2, 0) is 0 Å². The normalized spacial score (nSPS) is 16.4.